The maximum absolute atomic E-state index is 10.8. The number of rotatable bonds is 2. The van der Waals surface area contributed by atoms with Crippen LogP contribution in [0.3, 0.4) is 0 Å². The number of hydrogen-bond acceptors (Lipinski definition) is 4. The SMILES string of the molecule is CC1OCCC1OC(=O)CS. The number of carbonyl (C=O) groups is 1. The Kier molecular flexibility index (Phi) is 3.20. The molecule has 0 aromatic rings. The molecule has 64 valence electrons. The number of thiol groups is 1. The Morgan fingerprint density at radius 3 is 3.00 bits per heavy atom. The van der Waals surface area contributed by atoms with Gasteiger partial charge in [0.25, 0.3) is 0 Å². The molecule has 4 heteroatoms. The van der Waals surface area contributed by atoms with Gasteiger partial charge in [0.1, 0.15) is 6.10 Å². The molecule has 0 amide bonds. The summed E-state index contributed by atoms with van der Waals surface area (Å²) >= 11 is 3.80. The third-order valence-corrected chi connectivity index (χ3v) is 1.98. The molecule has 1 aliphatic heterocycles. The molecule has 0 aliphatic carbocycles. The number of esters is 1. The van der Waals surface area contributed by atoms with Crippen LogP contribution in [0.4, 0.5) is 0 Å². The predicted molar refractivity (Wildman–Crippen MR) is 43.8 cm³/mol. The fourth-order valence-electron chi connectivity index (χ4n) is 1.07. The summed E-state index contributed by atoms with van der Waals surface area (Å²) in [5, 5.41) is 0. The molecule has 0 N–H and O–H groups in total. The lowest BCUT2D eigenvalue weighted by molar-refractivity contribution is -0.147. The van der Waals surface area contributed by atoms with E-state index < -0.39 is 0 Å². The van der Waals surface area contributed by atoms with Crippen LogP contribution in [0.25, 0.3) is 0 Å². The minimum absolute atomic E-state index is 0.0406. The summed E-state index contributed by atoms with van der Waals surface area (Å²) in [6.45, 7) is 2.59. The minimum Gasteiger partial charge on any atom is -0.459 e. The molecule has 1 fully saturated rings. The second-order valence-corrected chi connectivity index (χ2v) is 2.87. The van der Waals surface area contributed by atoms with Gasteiger partial charge in [-0.1, -0.05) is 0 Å². The number of ether oxygens (including phenoxy) is 2. The van der Waals surface area contributed by atoms with E-state index in [1.54, 1.807) is 0 Å². The van der Waals surface area contributed by atoms with E-state index in [0.29, 0.717) is 6.61 Å². The van der Waals surface area contributed by atoms with Gasteiger partial charge in [-0.25, -0.2) is 0 Å². The van der Waals surface area contributed by atoms with Crippen molar-refractivity contribution in [3.05, 3.63) is 0 Å². The zero-order valence-corrected chi connectivity index (χ0v) is 7.34. The third kappa shape index (κ3) is 2.38. The quantitative estimate of drug-likeness (QED) is 0.495. The first kappa shape index (κ1) is 8.87. The average Bonchev–Trinajstić information content (AvgIpc) is 2.37. The van der Waals surface area contributed by atoms with Gasteiger partial charge >= 0.3 is 5.97 Å². The standard InChI is InChI=1S/C7H12O3S/c1-5-6(2-3-9-5)10-7(8)4-11/h5-6,11H,2-4H2,1H3. The smallest absolute Gasteiger partial charge is 0.315 e. The van der Waals surface area contributed by atoms with Crippen LogP contribution in [0, 0.1) is 0 Å². The van der Waals surface area contributed by atoms with Crippen LogP contribution in [0.2, 0.25) is 0 Å². The molecule has 1 rings (SSSR count). The van der Waals surface area contributed by atoms with Crippen molar-refractivity contribution in [1.82, 2.24) is 0 Å². The Labute approximate surface area is 71.5 Å². The van der Waals surface area contributed by atoms with Crippen LogP contribution in [0.15, 0.2) is 0 Å². The van der Waals surface area contributed by atoms with Gasteiger partial charge in [-0.05, 0) is 6.92 Å². The lowest BCUT2D eigenvalue weighted by atomic mass is 10.2. The molecule has 1 heterocycles. The molecule has 2 atom stereocenters. The largest absolute Gasteiger partial charge is 0.459 e. The first-order valence-electron chi connectivity index (χ1n) is 3.66. The monoisotopic (exact) mass is 176 g/mol. The summed E-state index contributed by atoms with van der Waals surface area (Å²) in [7, 11) is 0. The molecule has 1 aliphatic rings. The van der Waals surface area contributed by atoms with Crippen LogP contribution in [0.5, 0.6) is 0 Å². The fraction of sp³-hybridized carbons (Fsp3) is 0.857. The first-order valence-corrected chi connectivity index (χ1v) is 4.29. The molecule has 0 spiro atoms. The highest BCUT2D eigenvalue weighted by molar-refractivity contribution is 7.81. The van der Waals surface area contributed by atoms with E-state index in [-0.39, 0.29) is 23.9 Å². The van der Waals surface area contributed by atoms with Crippen molar-refractivity contribution >= 4 is 18.6 Å². The maximum atomic E-state index is 10.8. The summed E-state index contributed by atoms with van der Waals surface area (Å²) in [6.07, 6.45) is 0.786. The Morgan fingerprint density at radius 2 is 2.55 bits per heavy atom. The van der Waals surface area contributed by atoms with Gasteiger partial charge in [-0.3, -0.25) is 4.79 Å². The van der Waals surface area contributed by atoms with E-state index in [1.165, 1.54) is 0 Å². The van der Waals surface area contributed by atoms with Gasteiger partial charge in [0.15, 0.2) is 0 Å². The van der Waals surface area contributed by atoms with Crippen molar-refractivity contribution in [3.63, 3.8) is 0 Å². The van der Waals surface area contributed by atoms with E-state index in [4.69, 9.17) is 9.47 Å². The van der Waals surface area contributed by atoms with Crippen molar-refractivity contribution in [2.45, 2.75) is 25.6 Å². The summed E-state index contributed by atoms with van der Waals surface area (Å²) in [4.78, 5) is 10.8. The molecule has 1 saturated heterocycles. The normalized spacial score (nSPS) is 30.4. The highest BCUT2D eigenvalue weighted by Gasteiger charge is 2.27. The molecular formula is C7H12O3S. The van der Waals surface area contributed by atoms with Gasteiger partial charge in [0.2, 0.25) is 0 Å². The Morgan fingerprint density at radius 1 is 1.82 bits per heavy atom. The molecule has 0 aromatic heterocycles. The fourth-order valence-corrected chi connectivity index (χ4v) is 1.15. The second kappa shape index (κ2) is 3.97. The molecule has 11 heavy (non-hydrogen) atoms. The number of hydrogen-bond donors (Lipinski definition) is 1. The Bertz CT molecular complexity index is 149. The van der Waals surface area contributed by atoms with E-state index >= 15 is 0 Å². The van der Waals surface area contributed by atoms with E-state index in [9.17, 15) is 4.79 Å². The van der Waals surface area contributed by atoms with Crippen molar-refractivity contribution in [1.29, 1.82) is 0 Å². The highest BCUT2D eigenvalue weighted by atomic mass is 32.1. The molecule has 0 bridgehead atoms. The van der Waals surface area contributed by atoms with Crippen LogP contribution >= 0.6 is 12.6 Å². The van der Waals surface area contributed by atoms with E-state index in [0.717, 1.165) is 6.42 Å². The Hall–Kier alpha value is -0.220. The lowest BCUT2D eigenvalue weighted by Gasteiger charge is -2.13. The molecule has 0 aromatic carbocycles. The zero-order valence-electron chi connectivity index (χ0n) is 6.45. The van der Waals surface area contributed by atoms with Crippen LogP contribution < -0.4 is 0 Å². The Balaban J connectivity index is 2.30. The summed E-state index contributed by atoms with van der Waals surface area (Å²) in [6, 6.07) is 0. The molecule has 3 nitrogen and oxygen atoms in total. The van der Waals surface area contributed by atoms with Gasteiger partial charge in [-0.2, -0.15) is 12.6 Å². The third-order valence-electron chi connectivity index (χ3n) is 1.72. The first-order chi connectivity index (χ1) is 5.24. The molecular weight excluding hydrogens is 164 g/mol. The van der Waals surface area contributed by atoms with Crippen molar-refractivity contribution in [3.8, 4) is 0 Å². The second-order valence-electron chi connectivity index (χ2n) is 2.55. The zero-order chi connectivity index (χ0) is 8.27. The maximum Gasteiger partial charge on any atom is 0.315 e. The summed E-state index contributed by atoms with van der Waals surface area (Å²) < 4.78 is 10.2. The average molecular weight is 176 g/mol. The van der Waals surface area contributed by atoms with Crippen LogP contribution in [-0.2, 0) is 14.3 Å². The topological polar surface area (TPSA) is 35.5 Å². The lowest BCUT2D eigenvalue weighted by Crippen LogP contribution is -2.25. The summed E-state index contributed by atoms with van der Waals surface area (Å²) in [5.74, 6) is -0.126. The molecule has 2 unspecified atom stereocenters. The summed E-state index contributed by atoms with van der Waals surface area (Å²) in [5.41, 5.74) is 0. The van der Waals surface area contributed by atoms with Crippen molar-refractivity contribution < 1.29 is 14.3 Å². The van der Waals surface area contributed by atoms with E-state index in [1.807, 2.05) is 6.92 Å². The minimum atomic E-state index is -0.268. The van der Waals surface area contributed by atoms with Crippen molar-refractivity contribution in [2.75, 3.05) is 12.4 Å². The van der Waals surface area contributed by atoms with Gasteiger partial charge in [0.05, 0.1) is 18.5 Å². The number of carbonyl (C=O) groups excluding carboxylic acids is 1. The van der Waals surface area contributed by atoms with E-state index in [2.05, 4.69) is 12.6 Å². The van der Waals surface area contributed by atoms with Crippen LogP contribution in [-0.4, -0.2) is 30.5 Å². The van der Waals surface area contributed by atoms with Gasteiger partial charge in [0, 0.05) is 6.42 Å². The molecule has 0 radical (unpaired) electrons. The highest BCUT2D eigenvalue weighted by Crippen LogP contribution is 2.16. The predicted octanol–water partition coefficient (Wildman–Crippen LogP) is 0.637. The van der Waals surface area contributed by atoms with Crippen molar-refractivity contribution in [2.24, 2.45) is 0 Å². The van der Waals surface area contributed by atoms with Gasteiger partial charge in [-0.15, -0.1) is 0 Å². The van der Waals surface area contributed by atoms with Gasteiger partial charge < -0.3 is 9.47 Å². The van der Waals surface area contributed by atoms with Crippen LogP contribution in [0.1, 0.15) is 13.3 Å². The molecule has 0 saturated carbocycles.